The maximum atomic E-state index is 9.19. The Morgan fingerprint density at radius 2 is 1.85 bits per heavy atom. The fraction of sp³-hybridized carbons (Fsp3) is 0. The Balaban J connectivity index is 3.37. The number of nitrogens with two attached hydrogens (primary N) is 1. The smallest absolute Gasteiger partial charge is 0.174 e. The van der Waals surface area contributed by atoms with Gasteiger partial charge in [-0.2, -0.15) is 0 Å². The van der Waals surface area contributed by atoms with Crippen LogP contribution in [0, 0.1) is 0 Å². The van der Waals surface area contributed by atoms with Crippen molar-refractivity contribution in [2.45, 2.75) is 0 Å². The zero-order valence-electron chi connectivity index (χ0n) is 6.47. The second-order valence-corrected chi connectivity index (χ2v) is 2.35. The highest BCUT2D eigenvalue weighted by Crippen LogP contribution is 2.32. The summed E-state index contributed by atoms with van der Waals surface area (Å²) in [4.78, 5) is 0. The molecule has 6 N–H and O–H groups in total. The highest BCUT2D eigenvalue weighted by atomic mass is 16.4. The molecule has 0 aliphatic heterocycles. The Hall–Kier alpha value is -2.11. The molecule has 0 fully saturated rings. The summed E-state index contributed by atoms with van der Waals surface area (Å²) in [5.74, 6) is -1.78. The van der Waals surface area contributed by atoms with Crippen LogP contribution in [0.1, 0.15) is 5.56 Å². The standard InChI is InChI=1S/C7H8N2O4/c8-7(9-13)4-1-3(10)2-5(11)6(4)12/h1-2,10-13H,(H2,8,9). The third-order valence-electron chi connectivity index (χ3n) is 1.46. The van der Waals surface area contributed by atoms with Crippen LogP contribution in [0.2, 0.25) is 0 Å². The maximum Gasteiger partial charge on any atom is 0.174 e. The summed E-state index contributed by atoms with van der Waals surface area (Å²) in [6, 6.07) is 1.99. The maximum absolute atomic E-state index is 9.19. The highest BCUT2D eigenvalue weighted by molar-refractivity contribution is 6.00. The van der Waals surface area contributed by atoms with E-state index in [4.69, 9.17) is 21.2 Å². The van der Waals surface area contributed by atoms with Gasteiger partial charge in [-0.15, -0.1) is 0 Å². The lowest BCUT2D eigenvalue weighted by molar-refractivity contribution is 0.318. The van der Waals surface area contributed by atoms with E-state index in [9.17, 15) is 5.11 Å². The van der Waals surface area contributed by atoms with Gasteiger partial charge in [0, 0.05) is 6.07 Å². The lowest BCUT2D eigenvalue weighted by Crippen LogP contribution is -2.13. The van der Waals surface area contributed by atoms with Crippen molar-refractivity contribution in [1.29, 1.82) is 0 Å². The van der Waals surface area contributed by atoms with Gasteiger partial charge >= 0.3 is 0 Å². The number of nitrogens with zero attached hydrogens (tertiary/aromatic N) is 1. The number of oxime groups is 1. The van der Waals surface area contributed by atoms with Gasteiger partial charge in [-0.05, 0) is 6.07 Å². The fourth-order valence-corrected chi connectivity index (χ4v) is 0.853. The normalized spacial score (nSPS) is 11.5. The molecule has 0 radical (unpaired) electrons. The summed E-state index contributed by atoms with van der Waals surface area (Å²) in [6.07, 6.45) is 0. The average molecular weight is 184 g/mol. The largest absolute Gasteiger partial charge is 0.508 e. The third kappa shape index (κ3) is 1.56. The number of phenolic OH excluding ortho intramolecular Hbond substituents is 3. The minimum Gasteiger partial charge on any atom is -0.508 e. The molecule has 0 saturated carbocycles. The van der Waals surface area contributed by atoms with Crippen molar-refractivity contribution in [2.24, 2.45) is 10.9 Å². The Kier molecular flexibility index (Phi) is 2.14. The van der Waals surface area contributed by atoms with E-state index in [0.717, 1.165) is 12.1 Å². The molecule has 0 unspecified atom stereocenters. The lowest BCUT2D eigenvalue weighted by atomic mass is 10.1. The molecule has 6 nitrogen and oxygen atoms in total. The molecule has 0 saturated heterocycles. The van der Waals surface area contributed by atoms with Gasteiger partial charge in [-0.25, -0.2) is 0 Å². The molecule has 6 heteroatoms. The molecular formula is C7H8N2O4. The number of rotatable bonds is 1. The minimum absolute atomic E-state index is 0.139. The average Bonchev–Trinajstić information content (AvgIpc) is 2.10. The fourth-order valence-electron chi connectivity index (χ4n) is 0.853. The Morgan fingerprint density at radius 3 is 2.38 bits per heavy atom. The van der Waals surface area contributed by atoms with Gasteiger partial charge in [0.25, 0.3) is 0 Å². The van der Waals surface area contributed by atoms with Crippen LogP contribution in [0.3, 0.4) is 0 Å². The van der Waals surface area contributed by atoms with Gasteiger partial charge in [0.1, 0.15) is 5.75 Å². The zero-order chi connectivity index (χ0) is 10.0. The first-order chi connectivity index (χ1) is 6.06. The first-order valence-corrected chi connectivity index (χ1v) is 3.29. The number of benzene rings is 1. The van der Waals surface area contributed by atoms with Crippen LogP contribution >= 0.6 is 0 Å². The van der Waals surface area contributed by atoms with Crippen molar-refractivity contribution < 1.29 is 20.5 Å². The van der Waals surface area contributed by atoms with E-state index in [-0.39, 0.29) is 11.3 Å². The van der Waals surface area contributed by atoms with Crippen molar-refractivity contribution in [1.82, 2.24) is 0 Å². The van der Waals surface area contributed by atoms with Crippen LogP contribution in [0.25, 0.3) is 0 Å². The molecule has 1 aromatic carbocycles. The quantitative estimate of drug-likeness (QED) is 0.104. The molecule has 0 aliphatic carbocycles. The number of phenols is 3. The van der Waals surface area contributed by atoms with Crippen molar-refractivity contribution in [3.63, 3.8) is 0 Å². The monoisotopic (exact) mass is 184 g/mol. The van der Waals surface area contributed by atoms with Gasteiger partial charge in [-0.1, -0.05) is 5.16 Å². The van der Waals surface area contributed by atoms with Gasteiger partial charge in [0.15, 0.2) is 17.3 Å². The van der Waals surface area contributed by atoms with Gasteiger partial charge in [0.2, 0.25) is 0 Å². The molecule has 70 valence electrons. The lowest BCUT2D eigenvalue weighted by Gasteiger charge is -2.04. The molecule has 0 aliphatic rings. The number of aromatic hydroxyl groups is 3. The molecule has 0 heterocycles. The first-order valence-electron chi connectivity index (χ1n) is 3.29. The van der Waals surface area contributed by atoms with E-state index >= 15 is 0 Å². The summed E-state index contributed by atoms with van der Waals surface area (Å²) >= 11 is 0. The van der Waals surface area contributed by atoms with Crippen molar-refractivity contribution in [2.75, 3.05) is 0 Å². The summed E-state index contributed by atoms with van der Waals surface area (Å²) < 4.78 is 0. The van der Waals surface area contributed by atoms with Crippen molar-refractivity contribution >= 4 is 5.84 Å². The van der Waals surface area contributed by atoms with Gasteiger partial charge in [0.05, 0.1) is 5.56 Å². The summed E-state index contributed by atoms with van der Waals surface area (Å²) in [5, 5.41) is 38.1. The molecule has 0 spiro atoms. The predicted octanol–water partition coefficient (Wildman–Crippen LogP) is -0.102. The van der Waals surface area contributed by atoms with Crippen LogP contribution in [-0.4, -0.2) is 26.4 Å². The second kappa shape index (κ2) is 3.10. The van der Waals surface area contributed by atoms with Crippen molar-refractivity contribution in [3.05, 3.63) is 17.7 Å². The van der Waals surface area contributed by atoms with E-state index in [1.54, 1.807) is 0 Å². The Labute approximate surface area is 73.2 Å². The third-order valence-corrected chi connectivity index (χ3v) is 1.46. The molecule has 13 heavy (non-hydrogen) atoms. The first kappa shape index (κ1) is 8.98. The van der Waals surface area contributed by atoms with Crippen LogP contribution < -0.4 is 5.73 Å². The van der Waals surface area contributed by atoms with Crippen LogP contribution in [0.4, 0.5) is 0 Å². The topological polar surface area (TPSA) is 119 Å². The van der Waals surface area contributed by atoms with Crippen LogP contribution in [0.5, 0.6) is 17.2 Å². The van der Waals surface area contributed by atoms with Gasteiger partial charge in [-0.3, -0.25) is 0 Å². The molecule has 0 atom stereocenters. The summed E-state index contributed by atoms with van der Waals surface area (Å²) in [5.41, 5.74) is 5.01. The summed E-state index contributed by atoms with van der Waals surface area (Å²) in [7, 11) is 0. The summed E-state index contributed by atoms with van der Waals surface area (Å²) in [6.45, 7) is 0. The SMILES string of the molecule is NC(=NO)c1cc(O)cc(O)c1O. The van der Waals surface area contributed by atoms with E-state index in [1.165, 1.54) is 0 Å². The number of amidine groups is 1. The van der Waals surface area contributed by atoms with E-state index < -0.39 is 17.3 Å². The van der Waals surface area contributed by atoms with Crippen molar-refractivity contribution in [3.8, 4) is 17.2 Å². The second-order valence-electron chi connectivity index (χ2n) is 2.35. The number of hydrogen-bond donors (Lipinski definition) is 5. The zero-order valence-corrected chi connectivity index (χ0v) is 6.47. The predicted molar refractivity (Wildman–Crippen MR) is 43.9 cm³/mol. The minimum atomic E-state index is -0.548. The van der Waals surface area contributed by atoms with Crippen LogP contribution in [-0.2, 0) is 0 Å². The van der Waals surface area contributed by atoms with E-state index in [1.807, 2.05) is 0 Å². The molecular weight excluding hydrogens is 176 g/mol. The van der Waals surface area contributed by atoms with Crippen LogP contribution in [0.15, 0.2) is 17.3 Å². The molecule has 1 aromatic rings. The molecule has 0 bridgehead atoms. The Bertz CT molecular complexity index is 362. The molecule has 0 amide bonds. The van der Waals surface area contributed by atoms with Gasteiger partial charge < -0.3 is 26.3 Å². The molecule has 0 aromatic heterocycles. The van der Waals surface area contributed by atoms with E-state index in [0.29, 0.717) is 0 Å². The number of hydrogen-bond acceptors (Lipinski definition) is 5. The molecule has 1 rings (SSSR count). The Morgan fingerprint density at radius 1 is 1.23 bits per heavy atom. The van der Waals surface area contributed by atoms with E-state index in [2.05, 4.69) is 5.16 Å². The highest BCUT2D eigenvalue weighted by Gasteiger charge is 2.12.